The zero-order valence-electron chi connectivity index (χ0n) is 14.8. The Morgan fingerprint density at radius 2 is 2.27 bits per heavy atom. The van der Waals surface area contributed by atoms with Crippen LogP contribution in [0.4, 0.5) is 0 Å². The van der Waals surface area contributed by atoms with Crippen LogP contribution in [0, 0.1) is 0 Å². The number of aromatic nitrogens is 3. The lowest BCUT2D eigenvalue weighted by atomic mass is 10.2. The third-order valence-corrected chi connectivity index (χ3v) is 5.94. The number of methoxy groups -OCH3 is 1. The van der Waals surface area contributed by atoms with Gasteiger partial charge in [0.15, 0.2) is 0 Å². The van der Waals surface area contributed by atoms with Gasteiger partial charge in [-0.25, -0.2) is 4.98 Å². The van der Waals surface area contributed by atoms with Crippen molar-refractivity contribution in [2.45, 2.75) is 38.4 Å². The second-order valence-corrected chi connectivity index (χ2v) is 7.65. The lowest BCUT2D eigenvalue weighted by Gasteiger charge is -2.21. The van der Waals surface area contributed by atoms with Crippen LogP contribution < -0.4 is 0 Å². The lowest BCUT2D eigenvalue weighted by molar-refractivity contribution is -0.140. The first-order valence-electron chi connectivity index (χ1n) is 8.90. The Morgan fingerprint density at radius 1 is 1.38 bits per heavy atom. The maximum Gasteiger partial charge on any atom is 0.307 e. The first-order chi connectivity index (χ1) is 12.7. The molecule has 0 aliphatic carbocycles. The highest BCUT2D eigenvalue weighted by Gasteiger charge is 2.28. The summed E-state index contributed by atoms with van der Waals surface area (Å²) in [5.41, 5.74) is 2.26. The molecule has 0 amide bonds. The lowest BCUT2D eigenvalue weighted by Crippen LogP contribution is -2.22. The average Bonchev–Trinajstić information content (AvgIpc) is 3.38. The molecule has 4 rings (SSSR count). The van der Waals surface area contributed by atoms with Gasteiger partial charge in [0.05, 0.1) is 42.5 Å². The quantitative estimate of drug-likeness (QED) is 0.623. The number of nitrogens with zero attached hydrogens (tertiary/aromatic N) is 4. The zero-order valence-corrected chi connectivity index (χ0v) is 15.6. The normalized spacial score (nSPS) is 17.8. The molecule has 136 valence electrons. The van der Waals surface area contributed by atoms with E-state index >= 15 is 0 Å². The Hall–Kier alpha value is -2.25. The van der Waals surface area contributed by atoms with E-state index in [1.165, 1.54) is 28.8 Å². The number of thiazole rings is 1. The van der Waals surface area contributed by atoms with Gasteiger partial charge in [0, 0.05) is 18.3 Å². The fourth-order valence-electron chi connectivity index (χ4n) is 3.48. The number of para-hydroxylation sites is 1. The van der Waals surface area contributed by atoms with Gasteiger partial charge in [0.25, 0.3) is 0 Å². The molecule has 26 heavy (non-hydrogen) atoms. The number of benzene rings is 1. The van der Waals surface area contributed by atoms with Crippen LogP contribution in [0.2, 0.25) is 0 Å². The van der Waals surface area contributed by atoms with E-state index in [4.69, 9.17) is 4.98 Å². The smallest absolute Gasteiger partial charge is 0.307 e. The summed E-state index contributed by atoms with van der Waals surface area (Å²) in [6.45, 7) is 2.49. The van der Waals surface area contributed by atoms with Crippen molar-refractivity contribution in [2.24, 2.45) is 0 Å². The van der Waals surface area contributed by atoms with Crippen LogP contribution in [-0.2, 0) is 22.6 Å². The number of carbonyl (C=O) groups is 1. The van der Waals surface area contributed by atoms with Crippen LogP contribution in [0.3, 0.4) is 0 Å². The molecule has 2 aromatic heterocycles. The van der Waals surface area contributed by atoms with Crippen molar-refractivity contribution in [3.8, 4) is 0 Å². The second-order valence-electron chi connectivity index (χ2n) is 6.59. The second kappa shape index (κ2) is 7.55. The molecular weight excluding hydrogens is 348 g/mol. The van der Waals surface area contributed by atoms with Crippen molar-refractivity contribution in [3.63, 3.8) is 0 Å². The Bertz CT molecular complexity index is 871. The monoisotopic (exact) mass is 370 g/mol. The standard InChI is InChI=1S/C19H22N4O2S/c1-25-18(24)8-10-23-13-14(11-20-23)12-22-9-4-6-16(22)19-21-15-5-2-3-7-17(15)26-19/h2-3,5,7,11,13,16H,4,6,8-10,12H2,1H3/t16-/m1/s1. The summed E-state index contributed by atoms with van der Waals surface area (Å²) >= 11 is 1.80. The van der Waals surface area contributed by atoms with Gasteiger partial charge in [-0.3, -0.25) is 14.4 Å². The summed E-state index contributed by atoms with van der Waals surface area (Å²) in [7, 11) is 1.41. The van der Waals surface area contributed by atoms with Crippen molar-refractivity contribution in [1.29, 1.82) is 0 Å². The van der Waals surface area contributed by atoms with Gasteiger partial charge >= 0.3 is 5.97 Å². The number of ether oxygens (including phenoxy) is 1. The summed E-state index contributed by atoms with van der Waals surface area (Å²) in [5.74, 6) is -0.211. The van der Waals surface area contributed by atoms with Crippen molar-refractivity contribution in [2.75, 3.05) is 13.7 Å². The van der Waals surface area contributed by atoms with Gasteiger partial charge in [-0.1, -0.05) is 12.1 Å². The van der Waals surface area contributed by atoms with Crippen molar-refractivity contribution < 1.29 is 9.53 Å². The maximum absolute atomic E-state index is 11.3. The van der Waals surface area contributed by atoms with Gasteiger partial charge < -0.3 is 4.74 Å². The predicted octanol–water partition coefficient (Wildman–Crippen LogP) is 3.39. The van der Waals surface area contributed by atoms with E-state index in [0.717, 1.165) is 25.0 Å². The number of fused-ring (bicyclic) bond motifs is 1. The molecule has 1 aliphatic rings. The number of hydrogen-bond donors (Lipinski definition) is 0. The molecule has 0 radical (unpaired) electrons. The summed E-state index contributed by atoms with van der Waals surface area (Å²) in [6.07, 6.45) is 6.60. The highest BCUT2D eigenvalue weighted by molar-refractivity contribution is 7.18. The molecule has 7 heteroatoms. The molecular formula is C19H22N4O2S. The first kappa shape index (κ1) is 17.2. The fraction of sp³-hybridized carbons (Fsp3) is 0.421. The minimum atomic E-state index is -0.211. The third-order valence-electron chi connectivity index (χ3n) is 4.80. The molecule has 0 bridgehead atoms. The number of rotatable bonds is 6. The number of hydrogen-bond acceptors (Lipinski definition) is 6. The molecule has 3 aromatic rings. The summed E-state index contributed by atoms with van der Waals surface area (Å²) in [5, 5.41) is 5.58. The highest BCUT2D eigenvalue weighted by Crippen LogP contribution is 2.37. The highest BCUT2D eigenvalue weighted by atomic mass is 32.1. The van der Waals surface area contributed by atoms with Crippen LogP contribution in [0.25, 0.3) is 10.2 Å². The van der Waals surface area contributed by atoms with Crippen LogP contribution >= 0.6 is 11.3 Å². The van der Waals surface area contributed by atoms with Gasteiger partial charge in [0.2, 0.25) is 0 Å². The van der Waals surface area contributed by atoms with Crippen molar-refractivity contribution >= 4 is 27.5 Å². The number of aryl methyl sites for hydroxylation is 1. The first-order valence-corrected chi connectivity index (χ1v) is 9.72. The minimum Gasteiger partial charge on any atom is -0.469 e. The molecule has 1 aromatic carbocycles. The van der Waals surface area contributed by atoms with Crippen LogP contribution in [0.5, 0.6) is 0 Å². The maximum atomic E-state index is 11.3. The molecule has 6 nitrogen and oxygen atoms in total. The summed E-state index contributed by atoms with van der Waals surface area (Å²) < 4.78 is 7.75. The molecule has 3 heterocycles. The van der Waals surface area contributed by atoms with E-state index < -0.39 is 0 Å². The third kappa shape index (κ3) is 3.64. The van der Waals surface area contributed by atoms with E-state index in [9.17, 15) is 4.79 Å². The summed E-state index contributed by atoms with van der Waals surface area (Å²) in [4.78, 5) is 18.6. The van der Waals surface area contributed by atoms with Gasteiger partial charge in [-0.15, -0.1) is 11.3 Å². The van der Waals surface area contributed by atoms with E-state index in [1.807, 2.05) is 23.1 Å². The Kier molecular flexibility index (Phi) is 4.99. The Balaban J connectivity index is 1.44. The number of likely N-dealkylation sites (tertiary alicyclic amines) is 1. The van der Waals surface area contributed by atoms with E-state index in [1.54, 1.807) is 11.3 Å². The van der Waals surface area contributed by atoms with Crippen molar-refractivity contribution in [1.82, 2.24) is 19.7 Å². The summed E-state index contributed by atoms with van der Waals surface area (Å²) in [6, 6.07) is 8.72. The minimum absolute atomic E-state index is 0.211. The molecule has 0 unspecified atom stereocenters. The molecule has 1 fully saturated rings. The van der Waals surface area contributed by atoms with Crippen molar-refractivity contribution in [3.05, 3.63) is 47.2 Å². The van der Waals surface area contributed by atoms with E-state index in [-0.39, 0.29) is 5.97 Å². The molecule has 0 saturated carbocycles. The van der Waals surface area contributed by atoms with E-state index in [0.29, 0.717) is 19.0 Å². The van der Waals surface area contributed by atoms with Crippen LogP contribution in [0.1, 0.15) is 35.9 Å². The Labute approximate surface area is 156 Å². The number of esters is 1. The molecule has 0 N–H and O–H groups in total. The SMILES string of the molecule is COC(=O)CCn1cc(CN2CCC[C@@H]2c2nc3ccccc3s2)cn1. The molecule has 1 saturated heterocycles. The molecule has 1 aliphatic heterocycles. The van der Waals surface area contributed by atoms with Crippen LogP contribution in [-0.4, -0.2) is 39.3 Å². The van der Waals surface area contributed by atoms with Gasteiger partial charge in [0.1, 0.15) is 5.01 Å². The largest absolute Gasteiger partial charge is 0.469 e. The Morgan fingerprint density at radius 3 is 3.12 bits per heavy atom. The van der Waals surface area contributed by atoms with E-state index in [2.05, 4.69) is 32.9 Å². The molecule has 0 spiro atoms. The zero-order chi connectivity index (χ0) is 17.9. The average molecular weight is 370 g/mol. The predicted molar refractivity (Wildman–Crippen MR) is 101 cm³/mol. The topological polar surface area (TPSA) is 60.2 Å². The van der Waals surface area contributed by atoms with Gasteiger partial charge in [-0.05, 0) is 31.5 Å². The fourth-order valence-corrected chi connectivity index (χ4v) is 4.62. The number of carbonyl (C=O) groups excluding carboxylic acids is 1. The van der Waals surface area contributed by atoms with Crippen LogP contribution in [0.15, 0.2) is 36.7 Å². The van der Waals surface area contributed by atoms with Gasteiger partial charge in [-0.2, -0.15) is 5.10 Å². The molecule has 1 atom stereocenters.